The molecule has 0 saturated heterocycles. The fourth-order valence-corrected chi connectivity index (χ4v) is 3.48. The molecule has 1 aliphatic carbocycles. The Hall–Kier alpha value is -2.74. The molecule has 2 atom stereocenters. The smallest absolute Gasteiger partial charge is 0.325 e. The molecule has 29 heavy (non-hydrogen) atoms. The van der Waals surface area contributed by atoms with Crippen LogP contribution >= 0.6 is 0 Å². The van der Waals surface area contributed by atoms with Gasteiger partial charge in [-0.3, -0.25) is 9.78 Å². The summed E-state index contributed by atoms with van der Waals surface area (Å²) in [6, 6.07) is 6.19. The van der Waals surface area contributed by atoms with E-state index in [1.807, 2.05) is 0 Å². The normalized spacial score (nSPS) is 18.1. The maximum atomic E-state index is 13.3. The number of anilines is 1. The average molecular weight is 407 g/mol. The van der Waals surface area contributed by atoms with Gasteiger partial charge in [0.2, 0.25) is 5.91 Å². The molecule has 154 valence electrons. The Morgan fingerprint density at radius 2 is 1.93 bits per heavy atom. The van der Waals surface area contributed by atoms with E-state index in [-0.39, 0.29) is 29.4 Å². The van der Waals surface area contributed by atoms with Gasteiger partial charge in [-0.05, 0) is 55.9 Å². The fraction of sp³-hybridized carbons (Fsp3) is 0.333. The average Bonchev–Trinajstić information content (AvgIpc) is 2.68. The third kappa shape index (κ3) is 4.82. The van der Waals surface area contributed by atoms with Crippen LogP contribution in [-0.2, 0) is 11.0 Å². The standard InChI is InChI=1S/C21H21F4N3O/c1-12-18(17(10-11-27-12)21(23,24)25)13-4-8-16(9-5-13)28-20(29)19(26)14-2-6-15(22)7-3-14/h4-6,8-11,14,19H,2-3,7,26H2,1H3,(H,28,29)/t14?,19-/m0/s1. The van der Waals surface area contributed by atoms with Gasteiger partial charge in [-0.25, -0.2) is 4.39 Å². The Labute approximate surface area is 165 Å². The Kier molecular flexibility index (Phi) is 6.02. The van der Waals surface area contributed by atoms with E-state index in [1.54, 1.807) is 0 Å². The zero-order valence-electron chi connectivity index (χ0n) is 15.8. The molecule has 2 aromatic rings. The highest BCUT2D eigenvalue weighted by atomic mass is 19.4. The van der Waals surface area contributed by atoms with E-state index < -0.39 is 23.7 Å². The van der Waals surface area contributed by atoms with Gasteiger partial charge in [0.25, 0.3) is 0 Å². The lowest BCUT2D eigenvalue weighted by Crippen LogP contribution is -2.42. The van der Waals surface area contributed by atoms with E-state index in [2.05, 4.69) is 10.3 Å². The van der Waals surface area contributed by atoms with E-state index in [1.165, 1.54) is 37.3 Å². The van der Waals surface area contributed by atoms with Gasteiger partial charge in [-0.15, -0.1) is 0 Å². The molecule has 1 aromatic heterocycles. The quantitative estimate of drug-likeness (QED) is 0.702. The number of amides is 1. The minimum Gasteiger partial charge on any atom is -0.325 e. The summed E-state index contributed by atoms with van der Waals surface area (Å²) in [6.45, 7) is 1.51. The molecule has 0 fully saturated rings. The monoisotopic (exact) mass is 407 g/mol. The summed E-state index contributed by atoms with van der Waals surface area (Å²) in [7, 11) is 0. The zero-order chi connectivity index (χ0) is 21.2. The minimum atomic E-state index is -4.50. The number of alkyl halides is 3. The second-order valence-corrected chi connectivity index (χ2v) is 7.09. The Bertz CT molecular complexity index is 923. The number of aryl methyl sites for hydroxylation is 1. The first kappa shape index (κ1) is 21.0. The highest BCUT2D eigenvalue weighted by Gasteiger charge is 2.34. The van der Waals surface area contributed by atoms with Crippen LogP contribution in [0.1, 0.15) is 30.5 Å². The molecular weight excluding hydrogens is 386 g/mol. The van der Waals surface area contributed by atoms with E-state index in [9.17, 15) is 22.4 Å². The topological polar surface area (TPSA) is 68.0 Å². The molecule has 3 rings (SSSR count). The molecule has 0 saturated carbocycles. The molecule has 1 heterocycles. The van der Waals surface area contributed by atoms with Gasteiger partial charge in [0.15, 0.2) is 0 Å². The molecule has 1 amide bonds. The van der Waals surface area contributed by atoms with Gasteiger partial charge in [0.1, 0.15) is 0 Å². The molecule has 0 bridgehead atoms. The SMILES string of the molecule is Cc1nccc(C(F)(F)F)c1-c1ccc(NC(=O)[C@@H](N)C2CC=C(F)CC2)cc1. The Morgan fingerprint density at radius 1 is 1.24 bits per heavy atom. The maximum Gasteiger partial charge on any atom is 0.417 e. The number of pyridine rings is 1. The number of aromatic nitrogens is 1. The summed E-state index contributed by atoms with van der Waals surface area (Å²) < 4.78 is 53.1. The van der Waals surface area contributed by atoms with Crippen molar-refractivity contribution < 1.29 is 22.4 Å². The highest BCUT2D eigenvalue weighted by Crippen LogP contribution is 2.38. The van der Waals surface area contributed by atoms with Gasteiger partial charge in [-0.2, -0.15) is 13.2 Å². The molecule has 8 heteroatoms. The lowest BCUT2D eigenvalue weighted by molar-refractivity contribution is -0.137. The summed E-state index contributed by atoms with van der Waals surface area (Å²) in [5, 5.41) is 2.67. The predicted molar refractivity (Wildman–Crippen MR) is 103 cm³/mol. The molecule has 0 spiro atoms. The first-order valence-electron chi connectivity index (χ1n) is 9.21. The number of halogens is 4. The second-order valence-electron chi connectivity index (χ2n) is 7.09. The zero-order valence-corrected chi connectivity index (χ0v) is 15.8. The number of nitrogens with one attached hydrogen (secondary N) is 1. The Balaban J connectivity index is 1.76. The molecule has 3 N–H and O–H groups in total. The summed E-state index contributed by atoms with van der Waals surface area (Å²) in [5.74, 6) is -0.749. The van der Waals surface area contributed by atoms with E-state index in [0.717, 1.165) is 12.3 Å². The van der Waals surface area contributed by atoms with Crippen LogP contribution in [0.25, 0.3) is 11.1 Å². The van der Waals surface area contributed by atoms with Gasteiger partial charge >= 0.3 is 6.18 Å². The predicted octanol–water partition coefficient (Wildman–Crippen LogP) is 5.00. The second kappa shape index (κ2) is 8.32. The number of allylic oxidation sites excluding steroid dienone is 2. The largest absolute Gasteiger partial charge is 0.417 e. The number of hydrogen-bond acceptors (Lipinski definition) is 3. The molecular formula is C21H21F4N3O. The lowest BCUT2D eigenvalue weighted by Gasteiger charge is -2.24. The van der Waals surface area contributed by atoms with Crippen LogP contribution < -0.4 is 11.1 Å². The van der Waals surface area contributed by atoms with E-state index in [0.29, 0.717) is 24.1 Å². The number of benzene rings is 1. The lowest BCUT2D eigenvalue weighted by atomic mass is 9.87. The highest BCUT2D eigenvalue weighted by molar-refractivity contribution is 5.95. The van der Waals surface area contributed by atoms with Crippen LogP contribution in [0.4, 0.5) is 23.2 Å². The van der Waals surface area contributed by atoms with Crippen LogP contribution in [0.15, 0.2) is 48.4 Å². The van der Waals surface area contributed by atoms with Crippen molar-refractivity contribution in [1.82, 2.24) is 4.98 Å². The summed E-state index contributed by atoms with van der Waals surface area (Å²) in [6.07, 6.45) is -0.756. The molecule has 1 aliphatic rings. The van der Waals surface area contributed by atoms with Gasteiger partial charge in [-0.1, -0.05) is 18.2 Å². The molecule has 1 unspecified atom stereocenters. The molecule has 1 aromatic carbocycles. The van der Waals surface area contributed by atoms with Crippen LogP contribution in [0.5, 0.6) is 0 Å². The summed E-state index contributed by atoms with van der Waals surface area (Å²) in [5.41, 5.74) is 6.26. The van der Waals surface area contributed by atoms with Crippen molar-refractivity contribution in [3.63, 3.8) is 0 Å². The van der Waals surface area contributed by atoms with Gasteiger partial charge in [0.05, 0.1) is 17.4 Å². The number of nitrogens with two attached hydrogens (primary N) is 1. The molecule has 4 nitrogen and oxygen atoms in total. The van der Waals surface area contributed by atoms with Crippen molar-refractivity contribution in [1.29, 1.82) is 0 Å². The van der Waals surface area contributed by atoms with Crippen LogP contribution in [0.2, 0.25) is 0 Å². The van der Waals surface area contributed by atoms with Crippen molar-refractivity contribution in [2.24, 2.45) is 11.7 Å². The van der Waals surface area contributed by atoms with Crippen molar-refractivity contribution in [2.45, 2.75) is 38.4 Å². The molecule has 0 radical (unpaired) electrons. The fourth-order valence-electron chi connectivity index (χ4n) is 3.48. The number of rotatable bonds is 4. The summed E-state index contributed by atoms with van der Waals surface area (Å²) >= 11 is 0. The number of hydrogen-bond donors (Lipinski definition) is 2. The van der Waals surface area contributed by atoms with Gasteiger partial charge in [0, 0.05) is 23.1 Å². The first-order valence-corrected chi connectivity index (χ1v) is 9.21. The number of carbonyl (C=O) groups excluding carboxylic acids is 1. The van der Waals surface area contributed by atoms with Gasteiger partial charge < -0.3 is 11.1 Å². The third-order valence-corrected chi connectivity index (χ3v) is 5.09. The number of carbonyl (C=O) groups is 1. The van der Waals surface area contributed by atoms with Crippen molar-refractivity contribution in [2.75, 3.05) is 5.32 Å². The number of nitrogens with zero attached hydrogens (tertiary/aromatic N) is 1. The van der Waals surface area contributed by atoms with Crippen LogP contribution in [0.3, 0.4) is 0 Å². The van der Waals surface area contributed by atoms with Crippen molar-refractivity contribution in [3.05, 3.63) is 59.7 Å². The summed E-state index contributed by atoms with van der Waals surface area (Å²) in [4.78, 5) is 16.3. The van der Waals surface area contributed by atoms with Crippen molar-refractivity contribution in [3.8, 4) is 11.1 Å². The van der Waals surface area contributed by atoms with Crippen LogP contribution in [0, 0.1) is 12.8 Å². The van der Waals surface area contributed by atoms with Crippen LogP contribution in [-0.4, -0.2) is 16.9 Å². The Morgan fingerprint density at radius 3 is 2.52 bits per heavy atom. The maximum absolute atomic E-state index is 13.3. The van der Waals surface area contributed by atoms with E-state index >= 15 is 0 Å². The van der Waals surface area contributed by atoms with E-state index in [4.69, 9.17) is 5.73 Å². The first-order chi connectivity index (χ1) is 13.7. The minimum absolute atomic E-state index is 0.00518. The van der Waals surface area contributed by atoms with Crippen molar-refractivity contribution >= 4 is 11.6 Å². The third-order valence-electron chi connectivity index (χ3n) is 5.09. The molecule has 0 aliphatic heterocycles.